The Labute approximate surface area is 233 Å². The molecule has 0 bridgehead atoms. The minimum absolute atomic E-state index is 0.221. The average Bonchev–Trinajstić information content (AvgIpc) is 2.90. The van der Waals surface area contributed by atoms with Crippen molar-refractivity contribution >= 4 is 39.6 Å². The minimum atomic E-state index is -1.42. The van der Waals surface area contributed by atoms with E-state index in [4.69, 9.17) is 21.1 Å². The predicted octanol–water partition coefficient (Wildman–Crippen LogP) is 6.97. The maximum Gasteiger partial charge on any atom is 0.339 e. The molecule has 8 heteroatoms. The average molecular weight is 551 g/mol. The lowest BCUT2D eigenvalue weighted by Gasteiger charge is -2.29. The maximum atomic E-state index is 13.8. The highest BCUT2D eigenvalue weighted by Gasteiger charge is 2.34. The standard InChI is InChI=1S/C31H35ClN2O5/c1-7-9-10-18(8-2)19-11-12-20-22(17-19)29(35)34(6)27(28(30(36)37)39-31(3,4)5)24(20)21-13-14-23-26(25(21)32)33-15-16-38-23/h8-14,17,28,33H,7,15-16H2,1-6H3,(H,36,37)/b10-9-,18-8+/t28-/m1/s1. The lowest BCUT2D eigenvalue weighted by atomic mass is 9.91. The van der Waals surface area contributed by atoms with Gasteiger partial charge in [-0.2, -0.15) is 0 Å². The molecule has 0 fully saturated rings. The zero-order valence-corrected chi connectivity index (χ0v) is 24.0. The summed E-state index contributed by atoms with van der Waals surface area (Å²) in [5.41, 5.74) is 2.72. The monoisotopic (exact) mass is 550 g/mol. The molecule has 2 aromatic carbocycles. The summed E-state index contributed by atoms with van der Waals surface area (Å²) in [5, 5.41) is 15.0. The molecule has 1 atom stereocenters. The first-order chi connectivity index (χ1) is 18.5. The molecule has 0 saturated heterocycles. The number of hydrogen-bond acceptors (Lipinski definition) is 5. The van der Waals surface area contributed by atoms with Crippen LogP contribution in [-0.4, -0.2) is 34.4 Å². The van der Waals surface area contributed by atoms with E-state index in [2.05, 4.69) is 18.3 Å². The van der Waals surface area contributed by atoms with Gasteiger partial charge in [-0.05, 0) is 68.8 Å². The number of carboxylic acids is 1. The van der Waals surface area contributed by atoms with Crippen molar-refractivity contribution in [3.8, 4) is 16.9 Å². The summed E-state index contributed by atoms with van der Waals surface area (Å²) >= 11 is 6.97. The number of anilines is 1. The molecule has 206 valence electrons. The van der Waals surface area contributed by atoms with E-state index in [9.17, 15) is 14.7 Å². The number of fused-ring (bicyclic) bond motifs is 2. The first kappa shape index (κ1) is 28.5. The highest BCUT2D eigenvalue weighted by Crippen LogP contribution is 2.46. The Morgan fingerprint density at radius 1 is 1.26 bits per heavy atom. The van der Waals surface area contributed by atoms with Gasteiger partial charge in [-0.25, -0.2) is 4.79 Å². The molecular weight excluding hydrogens is 516 g/mol. The third kappa shape index (κ3) is 5.60. The number of nitrogens with one attached hydrogen (secondary N) is 1. The molecule has 0 unspecified atom stereocenters. The maximum absolute atomic E-state index is 13.8. The van der Waals surface area contributed by atoms with Crippen LogP contribution in [0, 0.1) is 0 Å². The van der Waals surface area contributed by atoms with Crippen LogP contribution < -0.4 is 15.6 Å². The van der Waals surface area contributed by atoms with Crippen molar-refractivity contribution in [2.75, 3.05) is 18.5 Å². The van der Waals surface area contributed by atoms with Crippen LogP contribution in [0.25, 0.3) is 27.5 Å². The van der Waals surface area contributed by atoms with E-state index in [0.717, 1.165) is 17.6 Å². The number of benzene rings is 2. The second-order valence-electron chi connectivity index (χ2n) is 10.5. The van der Waals surface area contributed by atoms with E-state index in [1.165, 1.54) is 4.57 Å². The summed E-state index contributed by atoms with van der Waals surface area (Å²) in [7, 11) is 1.58. The summed E-state index contributed by atoms with van der Waals surface area (Å²) in [6.07, 6.45) is 5.56. The smallest absolute Gasteiger partial charge is 0.339 e. The summed E-state index contributed by atoms with van der Waals surface area (Å²) < 4.78 is 13.2. The van der Waals surface area contributed by atoms with Gasteiger partial charge in [-0.15, -0.1) is 0 Å². The van der Waals surface area contributed by atoms with Crippen molar-refractivity contribution in [3.63, 3.8) is 0 Å². The van der Waals surface area contributed by atoms with Crippen molar-refractivity contribution in [2.45, 2.75) is 52.7 Å². The van der Waals surface area contributed by atoms with Crippen LogP contribution in [0.3, 0.4) is 0 Å². The molecule has 0 radical (unpaired) electrons. The first-order valence-corrected chi connectivity index (χ1v) is 13.5. The van der Waals surface area contributed by atoms with Crippen molar-refractivity contribution in [1.82, 2.24) is 4.57 Å². The van der Waals surface area contributed by atoms with Gasteiger partial charge in [0.15, 0.2) is 6.10 Å². The fraction of sp³-hybridized carbons (Fsp3) is 0.355. The summed E-state index contributed by atoms with van der Waals surface area (Å²) in [6.45, 7) is 10.5. The van der Waals surface area contributed by atoms with Crippen LogP contribution in [0.4, 0.5) is 5.69 Å². The number of rotatable bonds is 7. The van der Waals surface area contributed by atoms with E-state index in [1.807, 2.05) is 49.4 Å². The number of aliphatic carboxylic acids is 1. The molecule has 2 N–H and O–H groups in total. The van der Waals surface area contributed by atoms with E-state index < -0.39 is 17.7 Å². The highest BCUT2D eigenvalue weighted by atomic mass is 35.5. The molecule has 0 amide bonds. The fourth-order valence-electron chi connectivity index (χ4n) is 4.86. The van der Waals surface area contributed by atoms with Crippen LogP contribution in [0.5, 0.6) is 5.75 Å². The van der Waals surface area contributed by atoms with Gasteiger partial charge < -0.3 is 24.5 Å². The molecule has 1 aliphatic rings. The molecule has 7 nitrogen and oxygen atoms in total. The second-order valence-corrected chi connectivity index (χ2v) is 10.8. The van der Waals surface area contributed by atoms with Gasteiger partial charge in [-0.3, -0.25) is 4.79 Å². The fourth-order valence-corrected chi connectivity index (χ4v) is 5.18. The van der Waals surface area contributed by atoms with Crippen molar-refractivity contribution in [3.05, 3.63) is 75.2 Å². The van der Waals surface area contributed by atoms with E-state index in [1.54, 1.807) is 27.8 Å². The van der Waals surface area contributed by atoms with Crippen molar-refractivity contribution in [1.29, 1.82) is 0 Å². The Bertz CT molecular complexity index is 1550. The summed E-state index contributed by atoms with van der Waals surface area (Å²) in [5.74, 6) is -0.581. The quantitative estimate of drug-likeness (QED) is 0.309. The summed E-state index contributed by atoms with van der Waals surface area (Å²) in [6, 6.07) is 9.28. The van der Waals surface area contributed by atoms with Gasteiger partial charge in [0.2, 0.25) is 0 Å². The SMILES string of the molecule is C/C=C(\C=C/CC)c1ccc2c(-c3ccc4c(c3Cl)NCCO4)c([C@@H](OC(C)(C)C)C(=O)O)n(C)c(=O)c2c1. The van der Waals surface area contributed by atoms with Crippen LogP contribution in [0.2, 0.25) is 5.02 Å². The molecular formula is C31H35ClN2O5. The third-order valence-corrected chi connectivity index (χ3v) is 6.99. The van der Waals surface area contributed by atoms with E-state index in [0.29, 0.717) is 51.5 Å². The lowest BCUT2D eigenvalue weighted by Crippen LogP contribution is -2.33. The van der Waals surface area contributed by atoms with Gasteiger partial charge >= 0.3 is 5.97 Å². The van der Waals surface area contributed by atoms with Gasteiger partial charge in [0.05, 0.1) is 22.0 Å². The number of halogens is 1. The Kier molecular flexibility index (Phi) is 8.23. The van der Waals surface area contributed by atoms with Crippen molar-refractivity contribution in [2.24, 2.45) is 7.05 Å². The van der Waals surface area contributed by atoms with E-state index >= 15 is 0 Å². The van der Waals surface area contributed by atoms with Crippen LogP contribution in [0.15, 0.2) is 53.4 Å². The van der Waals surface area contributed by atoms with Crippen LogP contribution >= 0.6 is 11.6 Å². The normalized spacial score (nSPS) is 14.7. The number of hydrogen-bond donors (Lipinski definition) is 2. The Morgan fingerprint density at radius 3 is 2.64 bits per heavy atom. The Balaban J connectivity index is 2.12. The molecule has 0 aliphatic carbocycles. The number of allylic oxidation sites excluding steroid dienone is 4. The van der Waals surface area contributed by atoms with Crippen LogP contribution in [-0.2, 0) is 16.6 Å². The Morgan fingerprint density at radius 2 is 2.00 bits per heavy atom. The topological polar surface area (TPSA) is 89.8 Å². The van der Waals surface area contributed by atoms with Gasteiger partial charge in [-0.1, -0.05) is 48.9 Å². The molecule has 2 heterocycles. The predicted molar refractivity (Wildman–Crippen MR) is 158 cm³/mol. The zero-order chi connectivity index (χ0) is 28.5. The van der Waals surface area contributed by atoms with Gasteiger partial charge in [0, 0.05) is 30.1 Å². The Hall–Kier alpha value is -3.55. The second kappa shape index (κ2) is 11.3. The first-order valence-electron chi connectivity index (χ1n) is 13.1. The largest absolute Gasteiger partial charge is 0.490 e. The number of carboxylic acid groups (broad SMARTS) is 1. The molecule has 1 aromatic heterocycles. The van der Waals surface area contributed by atoms with Gasteiger partial charge in [0.1, 0.15) is 12.4 Å². The molecule has 4 rings (SSSR count). The molecule has 1 aliphatic heterocycles. The molecule has 0 spiro atoms. The number of aromatic nitrogens is 1. The highest BCUT2D eigenvalue weighted by molar-refractivity contribution is 6.37. The number of carbonyl (C=O) groups is 1. The van der Waals surface area contributed by atoms with E-state index in [-0.39, 0.29) is 11.3 Å². The lowest BCUT2D eigenvalue weighted by molar-refractivity contribution is -0.161. The molecule has 39 heavy (non-hydrogen) atoms. The van der Waals surface area contributed by atoms with Gasteiger partial charge in [0.25, 0.3) is 5.56 Å². The van der Waals surface area contributed by atoms with Crippen LogP contribution in [0.1, 0.15) is 58.4 Å². The zero-order valence-electron chi connectivity index (χ0n) is 23.2. The molecule has 3 aromatic rings. The number of ether oxygens (including phenoxy) is 2. The summed E-state index contributed by atoms with van der Waals surface area (Å²) in [4.78, 5) is 26.5. The van der Waals surface area contributed by atoms with Crippen molar-refractivity contribution < 1.29 is 19.4 Å². The minimum Gasteiger partial charge on any atom is -0.490 e. The number of nitrogens with zero attached hydrogens (tertiary/aromatic N) is 1. The number of pyridine rings is 1. The molecule has 0 saturated carbocycles. The third-order valence-electron chi connectivity index (χ3n) is 6.60.